The van der Waals surface area contributed by atoms with Gasteiger partial charge >= 0.3 is 0 Å². The van der Waals surface area contributed by atoms with E-state index in [-0.39, 0.29) is 11.8 Å². The zero-order valence-corrected chi connectivity index (χ0v) is 15.6. The highest BCUT2D eigenvalue weighted by atomic mass is 35.5. The van der Waals surface area contributed by atoms with Gasteiger partial charge in [-0.3, -0.25) is 9.69 Å². The maximum absolute atomic E-state index is 12.7. The summed E-state index contributed by atoms with van der Waals surface area (Å²) in [7, 11) is 0. The Morgan fingerprint density at radius 3 is 2.68 bits per heavy atom. The molecule has 1 amide bonds. The van der Waals surface area contributed by atoms with E-state index in [1.807, 2.05) is 25.1 Å². The molecule has 1 fully saturated rings. The molecule has 1 aliphatic heterocycles. The van der Waals surface area contributed by atoms with E-state index in [4.69, 9.17) is 11.6 Å². The number of aryl methyl sites for hydroxylation is 2. The third-order valence-corrected chi connectivity index (χ3v) is 5.08. The fourth-order valence-electron chi connectivity index (χ4n) is 3.37. The highest BCUT2D eigenvalue weighted by Crippen LogP contribution is 2.23. The molecule has 25 heavy (non-hydrogen) atoms. The lowest BCUT2D eigenvalue weighted by Gasteiger charge is -2.32. The third kappa shape index (κ3) is 4.83. The molecule has 1 unspecified atom stereocenters. The second-order valence-electron chi connectivity index (χ2n) is 7.01. The molecule has 0 radical (unpaired) electrons. The standard InChI is InChI=1S/C21H25ClN2O/c1-15-5-7-17(8-6-15)13-24-11-3-4-18(14-24)21(25)23-20-10-9-19(22)12-16(20)2/h5-10,12,18H,3-4,11,13-14H2,1-2H3,(H,23,25). The van der Waals surface area contributed by atoms with Crippen LogP contribution in [0.4, 0.5) is 5.69 Å². The first-order valence-corrected chi connectivity index (χ1v) is 9.24. The van der Waals surface area contributed by atoms with Gasteiger partial charge in [0.05, 0.1) is 5.92 Å². The first kappa shape index (κ1) is 18.0. The molecular weight excluding hydrogens is 332 g/mol. The second-order valence-corrected chi connectivity index (χ2v) is 7.44. The Kier molecular flexibility index (Phi) is 5.77. The fourth-order valence-corrected chi connectivity index (χ4v) is 3.59. The number of nitrogens with one attached hydrogen (secondary N) is 1. The van der Waals surface area contributed by atoms with Gasteiger partial charge in [0.25, 0.3) is 0 Å². The molecule has 0 bridgehead atoms. The van der Waals surface area contributed by atoms with E-state index < -0.39 is 0 Å². The van der Waals surface area contributed by atoms with E-state index in [9.17, 15) is 4.79 Å². The highest BCUT2D eigenvalue weighted by molar-refractivity contribution is 6.30. The third-order valence-electron chi connectivity index (χ3n) is 4.85. The monoisotopic (exact) mass is 356 g/mol. The largest absolute Gasteiger partial charge is 0.326 e. The van der Waals surface area contributed by atoms with Crippen molar-refractivity contribution in [2.45, 2.75) is 33.2 Å². The zero-order chi connectivity index (χ0) is 17.8. The number of hydrogen-bond acceptors (Lipinski definition) is 2. The summed E-state index contributed by atoms with van der Waals surface area (Å²) in [6, 6.07) is 14.2. The van der Waals surface area contributed by atoms with Crippen LogP contribution >= 0.6 is 11.6 Å². The summed E-state index contributed by atoms with van der Waals surface area (Å²) in [5.41, 5.74) is 4.43. The van der Waals surface area contributed by atoms with Crippen molar-refractivity contribution in [1.29, 1.82) is 0 Å². The van der Waals surface area contributed by atoms with Crippen LogP contribution in [0.15, 0.2) is 42.5 Å². The fraction of sp³-hybridized carbons (Fsp3) is 0.381. The molecule has 1 heterocycles. The Balaban J connectivity index is 1.60. The molecule has 0 saturated carbocycles. The summed E-state index contributed by atoms with van der Waals surface area (Å²) in [6.45, 7) is 6.84. The number of anilines is 1. The van der Waals surface area contributed by atoms with Crippen molar-refractivity contribution in [3.63, 3.8) is 0 Å². The van der Waals surface area contributed by atoms with Gasteiger partial charge in [-0.05, 0) is 62.6 Å². The summed E-state index contributed by atoms with van der Waals surface area (Å²) in [5, 5.41) is 3.77. The molecule has 2 aromatic carbocycles. The first-order chi connectivity index (χ1) is 12.0. The number of carbonyl (C=O) groups excluding carboxylic acids is 1. The minimum Gasteiger partial charge on any atom is -0.326 e. The summed E-state index contributed by atoms with van der Waals surface area (Å²) in [6.07, 6.45) is 2.01. The highest BCUT2D eigenvalue weighted by Gasteiger charge is 2.26. The molecule has 1 N–H and O–H groups in total. The Hall–Kier alpha value is -1.84. The van der Waals surface area contributed by atoms with Crippen LogP contribution in [0.5, 0.6) is 0 Å². The molecule has 2 aromatic rings. The predicted molar refractivity (Wildman–Crippen MR) is 104 cm³/mol. The summed E-state index contributed by atoms with van der Waals surface area (Å²) < 4.78 is 0. The van der Waals surface area contributed by atoms with Gasteiger partial charge in [0.1, 0.15) is 0 Å². The molecule has 1 aliphatic rings. The topological polar surface area (TPSA) is 32.3 Å². The van der Waals surface area contributed by atoms with Crippen LogP contribution in [0.25, 0.3) is 0 Å². The van der Waals surface area contributed by atoms with Gasteiger partial charge in [-0.15, -0.1) is 0 Å². The van der Waals surface area contributed by atoms with Crippen molar-refractivity contribution >= 4 is 23.2 Å². The lowest BCUT2D eigenvalue weighted by molar-refractivity contribution is -0.121. The minimum atomic E-state index is 0.0364. The molecule has 0 spiro atoms. The van der Waals surface area contributed by atoms with Gasteiger partial charge < -0.3 is 5.32 Å². The van der Waals surface area contributed by atoms with E-state index in [1.165, 1.54) is 11.1 Å². The maximum atomic E-state index is 12.7. The molecule has 4 heteroatoms. The number of carbonyl (C=O) groups is 1. The first-order valence-electron chi connectivity index (χ1n) is 8.86. The number of rotatable bonds is 4. The SMILES string of the molecule is Cc1ccc(CN2CCCC(C(=O)Nc3ccc(Cl)cc3C)C2)cc1. The quantitative estimate of drug-likeness (QED) is 0.852. The number of nitrogens with zero attached hydrogens (tertiary/aromatic N) is 1. The number of benzene rings is 2. The van der Waals surface area contributed by atoms with Gasteiger partial charge in [-0.25, -0.2) is 0 Å². The molecule has 0 aliphatic carbocycles. The molecule has 3 nitrogen and oxygen atoms in total. The van der Waals surface area contributed by atoms with E-state index >= 15 is 0 Å². The van der Waals surface area contributed by atoms with Crippen LogP contribution in [-0.4, -0.2) is 23.9 Å². The second kappa shape index (κ2) is 8.03. The zero-order valence-electron chi connectivity index (χ0n) is 14.9. The van der Waals surface area contributed by atoms with Crippen molar-refractivity contribution in [2.24, 2.45) is 5.92 Å². The average molecular weight is 357 g/mol. The van der Waals surface area contributed by atoms with Crippen LogP contribution in [0, 0.1) is 19.8 Å². The Morgan fingerprint density at radius 1 is 1.20 bits per heavy atom. The number of likely N-dealkylation sites (tertiary alicyclic amines) is 1. The molecule has 3 rings (SSSR count). The summed E-state index contributed by atoms with van der Waals surface area (Å²) >= 11 is 5.99. The van der Waals surface area contributed by atoms with E-state index in [0.29, 0.717) is 5.02 Å². The molecule has 0 aromatic heterocycles. The van der Waals surface area contributed by atoms with Gasteiger partial charge in [0.15, 0.2) is 0 Å². The number of piperidine rings is 1. The van der Waals surface area contributed by atoms with Crippen molar-refractivity contribution in [3.8, 4) is 0 Å². The van der Waals surface area contributed by atoms with Gasteiger partial charge in [-0.2, -0.15) is 0 Å². The van der Waals surface area contributed by atoms with Crippen molar-refractivity contribution < 1.29 is 4.79 Å². The van der Waals surface area contributed by atoms with Crippen LogP contribution < -0.4 is 5.32 Å². The van der Waals surface area contributed by atoms with Gasteiger partial charge in [0.2, 0.25) is 5.91 Å². The van der Waals surface area contributed by atoms with Gasteiger partial charge in [0, 0.05) is 23.8 Å². The average Bonchev–Trinajstić information content (AvgIpc) is 2.60. The smallest absolute Gasteiger partial charge is 0.228 e. The normalized spacial score (nSPS) is 18.1. The molecule has 132 valence electrons. The van der Waals surface area contributed by atoms with E-state index in [2.05, 4.69) is 41.4 Å². The Bertz CT molecular complexity index is 742. The molecular formula is C21H25ClN2O. The maximum Gasteiger partial charge on any atom is 0.228 e. The van der Waals surface area contributed by atoms with Crippen molar-refractivity contribution in [3.05, 3.63) is 64.2 Å². The Labute approximate surface area is 155 Å². The molecule has 1 atom stereocenters. The number of amides is 1. The van der Waals surface area contributed by atoms with E-state index in [0.717, 1.165) is 43.7 Å². The Morgan fingerprint density at radius 2 is 1.96 bits per heavy atom. The lowest BCUT2D eigenvalue weighted by Crippen LogP contribution is -2.40. The van der Waals surface area contributed by atoms with Crippen LogP contribution in [0.1, 0.15) is 29.5 Å². The number of hydrogen-bond donors (Lipinski definition) is 1. The van der Waals surface area contributed by atoms with Crippen LogP contribution in [0.2, 0.25) is 5.02 Å². The van der Waals surface area contributed by atoms with E-state index in [1.54, 1.807) is 0 Å². The molecule has 1 saturated heterocycles. The van der Waals surface area contributed by atoms with Crippen molar-refractivity contribution in [2.75, 3.05) is 18.4 Å². The van der Waals surface area contributed by atoms with Crippen molar-refractivity contribution in [1.82, 2.24) is 4.90 Å². The predicted octanol–water partition coefficient (Wildman–Crippen LogP) is 4.81. The van der Waals surface area contributed by atoms with Gasteiger partial charge in [-0.1, -0.05) is 41.4 Å². The minimum absolute atomic E-state index is 0.0364. The number of halogens is 1. The van der Waals surface area contributed by atoms with Crippen LogP contribution in [-0.2, 0) is 11.3 Å². The summed E-state index contributed by atoms with van der Waals surface area (Å²) in [4.78, 5) is 15.1. The summed E-state index contributed by atoms with van der Waals surface area (Å²) in [5.74, 6) is 0.147. The van der Waals surface area contributed by atoms with Crippen LogP contribution in [0.3, 0.4) is 0 Å². The lowest BCUT2D eigenvalue weighted by atomic mass is 9.96.